The van der Waals surface area contributed by atoms with Crippen molar-refractivity contribution in [2.45, 2.75) is 6.92 Å². The number of benzene rings is 1. The highest BCUT2D eigenvalue weighted by molar-refractivity contribution is 7.54. The fraction of sp³-hybridized carbons (Fsp3) is 0.462. The second-order valence-electron chi connectivity index (χ2n) is 4.52. The maximum atomic E-state index is 12.6. The minimum atomic E-state index is -3.09. The van der Waals surface area contributed by atoms with Gasteiger partial charge in [-0.25, -0.2) is 18.7 Å². The van der Waals surface area contributed by atoms with Crippen molar-refractivity contribution in [3.63, 3.8) is 0 Å². The fourth-order valence-electron chi connectivity index (χ4n) is 1.52. The summed E-state index contributed by atoms with van der Waals surface area (Å²) in [5.41, 5.74) is 0.434. The van der Waals surface area contributed by atoms with Gasteiger partial charge in [0.05, 0.1) is 12.2 Å². The lowest BCUT2D eigenvalue weighted by molar-refractivity contribution is 0.0526. The number of rotatable bonds is 6. The second kappa shape index (κ2) is 6.88. The van der Waals surface area contributed by atoms with E-state index in [2.05, 4.69) is 0 Å². The first-order valence-corrected chi connectivity index (χ1v) is 7.76. The Morgan fingerprint density at radius 2 is 1.60 bits per heavy atom. The third-order valence-electron chi connectivity index (χ3n) is 2.60. The van der Waals surface area contributed by atoms with E-state index in [9.17, 15) is 9.36 Å². The van der Waals surface area contributed by atoms with Gasteiger partial charge >= 0.3 is 13.6 Å². The van der Waals surface area contributed by atoms with Gasteiger partial charge in [0.15, 0.2) is 0 Å². The van der Waals surface area contributed by atoms with Crippen LogP contribution < -0.4 is 4.52 Å². The van der Waals surface area contributed by atoms with Crippen LogP contribution in [0, 0.1) is 0 Å². The first kappa shape index (κ1) is 16.7. The van der Waals surface area contributed by atoms with Gasteiger partial charge in [-0.05, 0) is 59.4 Å². The van der Waals surface area contributed by atoms with Gasteiger partial charge in [0, 0.05) is 0 Å². The maximum absolute atomic E-state index is 12.6. The highest BCUT2D eigenvalue weighted by Gasteiger charge is 2.31. The smallest absolute Gasteiger partial charge is 0.394 e. The Morgan fingerprint density at radius 1 is 1.10 bits per heavy atom. The van der Waals surface area contributed by atoms with Gasteiger partial charge < -0.3 is 9.26 Å². The van der Waals surface area contributed by atoms with Gasteiger partial charge in [0.2, 0.25) is 0 Å². The molecule has 0 atom stereocenters. The largest absolute Gasteiger partial charge is 0.462 e. The van der Waals surface area contributed by atoms with Gasteiger partial charge in [0.1, 0.15) is 5.75 Å². The number of hydrogen-bond acceptors (Lipinski definition) is 4. The summed E-state index contributed by atoms with van der Waals surface area (Å²) >= 11 is 0. The van der Waals surface area contributed by atoms with Gasteiger partial charge in [-0.1, -0.05) is 0 Å². The lowest BCUT2D eigenvalue weighted by Gasteiger charge is -2.29. The molecule has 0 aliphatic rings. The molecular formula is C13H21N2O4P. The Labute approximate surface area is 119 Å². The van der Waals surface area contributed by atoms with Crippen LogP contribution in [0.2, 0.25) is 0 Å². The molecule has 0 fully saturated rings. The van der Waals surface area contributed by atoms with Crippen molar-refractivity contribution in [1.82, 2.24) is 9.34 Å². The molecule has 0 bridgehead atoms. The van der Waals surface area contributed by atoms with E-state index in [0.717, 1.165) is 0 Å². The Morgan fingerprint density at radius 3 is 2.00 bits per heavy atom. The van der Waals surface area contributed by atoms with Crippen molar-refractivity contribution >= 4 is 13.6 Å². The molecule has 0 amide bonds. The number of hydrogen-bond donors (Lipinski definition) is 0. The zero-order chi connectivity index (χ0) is 15.3. The summed E-state index contributed by atoms with van der Waals surface area (Å²) in [6, 6.07) is 6.38. The zero-order valence-electron chi connectivity index (χ0n) is 12.5. The molecule has 0 aromatic heterocycles. The number of nitrogens with zero attached hydrogens (tertiary/aromatic N) is 2. The molecule has 0 spiro atoms. The normalized spacial score (nSPS) is 11.8. The lowest BCUT2D eigenvalue weighted by atomic mass is 10.2. The highest BCUT2D eigenvalue weighted by Crippen LogP contribution is 2.50. The molecule has 1 aromatic rings. The average Bonchev–Trinajstić information content (AvgIpc) is 2.39. The molecule has 0 unspecified atom stereocenters. The van der Waals surface area contributed by atoms with Gasteiger partial charge in [0.25, 0.3) is 0 Å². The number of esters is 1. The van der Waals surface area contributed by atoms with E-state index in [4.69, 9.17) is 9.26 Å². The van der Waals surface area contributed by atoms with Crippen molar-refractivity contribution < 1.29 is 18.6 Å². The van der Waals surface area contributed by atoms with Gasteiger partial charge in [-0.15, -0.1) is 0 Å². The van der Waals surface area contributed by atoms with Gasteiger partial charge in [-0.3, -0.25) is 0 Å². The topological polar surface area (TPSA) is 59.1 Å². The van der Waals surface area contributed by atoms with Crippen LogP contribution in [-0.4, -0.2) is 50.1 Å². The molecule has 0 heterocycles. The van der Waals surface area contributed by atoms with Crippen molar-refractivity contribution in [1.29, 1.82) is 0 Å². The first-order chi connectivity index (χ1) is 9.31. The Hall–Kier alpha value is -1.36. The van der Waals surface area contributed by atoms with E-state index in [0.29, 0.717) is 17.9 Å². The summed E-state index contributed by atoms with van der Waals surface area (Å²) in [7, 11) is 3.67. The van der Waals surface area contributed by atoms with Crippen molar-refractivity contribution in [2.24, 2.45) is 0 Å². The average molecular weight is 300 g/mol. The predicted octanol–water partition coefficient (Wildman–Crippen LogP) is 2.47. The molecular weight excluding hydrogens is 279 g/mol. The van der Waals surface area contributed by atoms with Crippen LogP contribution in [0.4, 0.5) is 0 Å². The number of carbonyl (C=O) groups excluding carboxylic acids is 1. The van der Waals surface area contributed by atoms with Gasteiger partial charge in [-0.2, -0.15) is 0 Å². The Kier molecular flexibility index (Phi) is 5.74. The molecule has 112 valence electrons. The second-order valence-corrected chi connectivity index (χ2v) is 7.28. The SMILES string of the molecule is CCOC(=O)c1ccc(OP(=O)(N(C)C)N(C)C)cc1. The maximum Gasteiger partial charge on any atom is 0.394 e. The van der Waals surface area contributed by atoms with E-state index < -0.39 is 7.67 Å². The summed E-state index contributed by atoms with van der Waals surface area (Å²) < 4.78 is 26.2. The summed E-state index contributed by atoms with van der Waals surface area (Å²) in [4.78, 5) is 11.5. The lowest BCUT2D eigenvalue weighted by Crippen LogP contribution is -2.24. The van der Waals surface area contributed by atoms with E-state index in [1.165, 1.54) is 9.34 Å². The summed E-state index contributed by atoms with van der Waals surface area (Å²) in [6.45, 7) is 2.08. The van der Waals surface area contributed by atoms with Crippen LogP contribution in [0.25, 0.3) is 0 Å². The van der Waals surface area contributed by atoms with E-state index >= 15 is 0 Å². The summed E-state index contributed by atoms with van der Waals surface area (Å²) in [5.74, 6) is 0.0474. The molecule has 0 N–H and O–H groups in total. The predicted molar refractivity (Wildman–Crippen MR) is 78.0 cm³/mol. The Balaban J connectivity index is 2.89. The third kappa shape index (κ3) is 3.82. The molecule has 20 heavy (non-hydrogen) atoms. The molecule has 0 aliphatic carbocycles. The summed E-state index contributed by atoms with van der Waals surface area (Å²) in [6.07, 6.45) is 0. The van der Waals surface area contributed by atoms with Crippen LogP contribution >= 0.6 is 7.67 Å². The highest BCUT2D eigenvalue weighted by atomic mass is 31.2. The molecule has 1 aromatic carbocycles. The molecule has 1 rings (SSSR count). The molecule has 0 saturated carbocycles. The molecule has 0 saturated heterocycles. The number of carbonyl (C=O) groups is 1. The van der Waals surface area contributed by atoms with E-state index in [1.54, 1.807) is 59.4 Å². The monoisotopic (exact) mass is 300 g/mol. The third-order valence-corrected chi connectivity index (χ3v) is 5.07. The van der Waals surface area contributed by atoms with Crippen LogP contribution in [0.1, 0.15) is 17.3 Å². The van der Waals surface area contributed by atoms with Crippen molar-refractivity contribution in [2.75, 3.05) is 34.8 Å². The van der Waals surface area contributed by atoms with Crippen LogP contribution in [0.15, 0.2) is 24.3 Å². The minimum Gasteiger partial charge on any atom is -0.462 e. The molecule has 6 nitrogen and oxygen atoms in total. The van der Waals surface area contributed by atoms with Crippen molar-refractivity contribution in [3.8, 4) is 5.75 Å². The van der Waals surface area contributed by atoms with Crippen LogP contribution in [0.3, 0.4) is 0 Å². The van der Waals surface area contributed by atoms with Crippen LogP contribution in [-0.2, 0) is 9.30 Å². The van der Waals surface area contributed by atoms with Crippen molar-refractivity contribution in [3.05, 3.63) is 29.8 Å². The quantitative estimate of drug-likeness (QED) is 0.594. The first-order valence-electron chi connectivity index (χ1n) is 6.23. The fourth-order valence-corrected chi connectivity index (χ4v) is 2.96. The summed E-state index contributed by atoms with van der Waals surface area (Å²) in [5, 5.41) is 0. The molecule has 0 radical (unpaired) electrons. The zero-order valence-corrected chi connectivity index (χ0v) is 13.4. The Bertz CT molecular complexity index is 488. The minimum absolute atomic E-state index is 0.327. The van der Waals surface area contributed by atoms with E-state index in [1.807, 2.05) is 0 Å². The molecule has 7 heteroatoms. The van der Waals surface area contributed by atoms with E-state index in [-0.39, 0.29) is 5.97 Å². The number of ether oxygens (including phenoxy) is 1. The standard InChI is InChI=1S/C13H21N2O4P/c1-6-18-13(16)11-7-9-12(10-8-11)19-20(17,14(2)3)15(4)5/h7-10H,6H2,1-5H3. The molecule has 0 aliphatic heterocycles. The van der Waals surface area contributed by atoms with Crippen LogP contribution in [0.5, 0.6) is 5.75 Å².